The third kappa shape index (κ3) is 2.41. The number of carbonyl (C=O) groups is 1. The molecule has 2 unspecified atom stereocenters. The molecule has 6 fully saturated rings. The van der Waals surface area contributed by atoms with Crippen LogP contribution < -0.4 is 0 Å². The van der Waals surface area contributed by atoms with Crippen LogP contribution in [0, 0.1) is 17.3 Å². The fourth-order valence-corrected chi connectivity index (χ4v) is 9.18. The Hall–Kier alpha value is -1.15. The predicted molar refractivity (Wildman–Crippen MR) is 120 cm³/mol. The van der Waals surface area contributed by atoms with Gasteiger partial charge < -0.3 is 48.8 Å². The van der Waals surface area contributed by atoms with Crippen molar-refractivity contribution in [2.45, 2.75) is 112 Å². The van der Waals surface area contributed by atoms with Crippen molar-refractivity contribution in [1.29, 1.82) is 0 Å². The van der Waals surface area contributed by atoms with Gasteiger partial charge in [-0.05, 0) is 36.7 Å². The van der Waals surface area contributed by atoms with Crippen molar-refractivity contribution in [3.63, 3.8) is 0 Å². The molecule has 204 valence electrons. The molecule has 4 saturated heterocycles. The van der Waals surface area contributed by atoms with E-state index in [1.54, 1.807) is 0 Å². The minimum atomic E-state index is -1.55. The highest BCUT2D eigenvalue weighted by atomic mass is 16.8. The highest BCUT2D eigenvalue weighted by Gasteiger charge is 3.01. The van der Waals surface area contributed by atoms with Gasteiger partial charge in [-0.3, -0.25) is 0 Å². The molecule has 0 aromatic carbocycles. The van der Waals surface area contributed by atoms with Gasteiger partial charge >= 0.3 is 5.97 Å². The number of carbonyl (C=O) groups excluding carboxylic acids is 1. The Balaban J connectivity index is 1.20. The molecule has 14 atom stereocenters. The summed E-state index contributed by atoms with van der Waals surface area (Å²) in [6.45, 7) is 6.11. The van der Waals surface area contributed by atoms with Gasteiger partial charge in [-0.25, -0.2) is 4.79 Å². The lowest BCUT2D eigenvalue weighted by molar-refractivity contribution is -0.325. The second kappa shape index (κ2) is 6.94. The van der Waals surface area contributed by atoms with Crippen LogP contribution in [0.4, 0.5) is 0 Å². The molecule has 8 rings (SSSR count). The smallest absolute Gasteiger partial charge is 0.334 e. The van der Waals surface area contributed by atoms with E-state index >= 15 is 0 Å². The number of rotatable bonds is 4. The lowest BCUT2D eigenvalue weighted by atomic mass is 9.46. The Kier molecular flexibility index (Phi) is 4.45. The minimum absolute atomic E-state index is 0.0286. The molecular weight excluding hydrogens is 488 g/mol. The van der Waals surface area contributed by atoms with Gasteiger partial charge in [-0.15, -0.1) is 0 Å². The molecule has 4 N–H and O–H groups in total. The molecule has 2 saturated carbocycles. The SMILES string of the molecule is CC(C)[C@]12O[C@H]1[C@@H]1O[C@]13[C@]1(O[C@H]1C[C@H]1C4=C(CC[C@@]13C)C(=O)OC4)[C@@H]2O[C@H]1OC(CO)[C@H](O)[C@H](O)C1O. The van der Waals surface area contributed by atoms with E-state index in [-0.39, 0.29) is 41.5 Å². The van der Waals surface area contributed by atoms with E-state index in [4.69, 9.17) is 28.4 Å². The van der Waals surface area contributed by atoms with Gasteiger partial charge in [0, 0.05) is 11.0 Å². The lowest BCUT2D eigenvalue weighted by Gasteiger charge is -2.54. The van der Waals surface area contributed by atoms with Crippen molar-refractivity contribution in [3.05, 3.63) is 11.1 Å². The highest BCUT2D eigenvalue weighted by molar-refractivity contribution is 5.92. The Bertz CT molecular complexity index is 1110. The topological polar surface area (TPSA) is 163 Å². The molecule has 0 aromatic rings. The number of epoxide rings is 3. The van der Waals surface area contributed by atoms with E-state index in [2.05, 4.69) is 20.8 Å². The molecule has 37 heavy (non-hydrogen) atoms. The molecule has 5 heterocycles. The summed E-state index contributed by atoms with van der Waals surface area (Å²) in [5.74, 6) is -0.111. The first-order valence-corrected chi connectivity index (χ1v) is 13.5. The van der Waals surface area contributed by atoms with Gasteiger partial charge in [0.2, 0.25) is 0 Å². The first kappa shape index (κ1) is 23.7. The normalized spacial score (nSPS) is 60.5. The van der Waals surface area contributed by atoms with Crippen LogP contribution in [0.1, 0.15) is 40.0 Å². The van der Waals surface area contributed by atoms with Crippen LogP contribution in [0.2, 0.25) is 0 Å². The molecule has 2 spiro atoms. The zero-order valence-electron chi connectivity index (χ0n) is 21.0. The Morgan fingerprint density at radius 1 is 1.08 bits per heavy atom. The molecule has 11 heteroatoms. The number of ether oxygens (including phenoxy) is 6. The largest absolute Gasteiger partial charge is 0.458 e. The fraction of sp³-hybridized carbons (Fsp3) is 0.885. The van der Waals surface area contributed by atoms with Crippen molar-refractivity contribution in [1.82, 2.24) is 0 Å². The summed E-state index contributed by atoms with van der Waals surface area (Å²) in [7, 11) is 0. The molecule has 0 aromatic heterocycles. The molecule has 8 aliphatic rings. The van der Waals surface area contributed by atoms with E-state index < -0.39 is 60.2 Å². The van der Waals surface area contributed by atoms with E-state index in [1.165, 1.54) is 0 Å². The van der Waals surface area contributed by atoms with Crippen molar-refractivity contribution in [2.75, 3.05) is 13.2 Å². The van der Waals surface area contributed by atoms with Crippen LogP contribution in [0.5, 0.6) is 0 Å². The number of hydrogen-bond donors (Lipinski definition) is 4. The third-order valence-electron chi connectivity index (χ3n) is 11.2. The van der Waals surface area contributed by atoms with Gasteiger partial charge in [0.25, 0.3) is 0 Å². The Labute approximate surface area is 213 Å². The van der Waals surface area contributed by atoms with E-state index in [1.807, 2.05) is 0 Å². The molecule has 3 aliphatic carbocycles. The second-order valence-corrected chi connectivity index (χ2v) is 12.7. The molecule has 0 radical (unpaired) electrons. The predicted octanol–water partition coefficient (Wildman–Crippen LogP) is -1.07. The Morgan fingerprint density at radius 2 is 1.86 bits per heavy atom. The van der Waals surface area contributed by atoms with E-state index in [9.17, 15) is 25.2 Å². The number of fused-ring (bicyclic) bond motifs is 4. The molecule has 11 nitrogen and oxygen atoms in total. The average molecular weight is 523 g/mol. The van der Waals surface area contributed by atoms with E-state index in [0.29, 0.717) is 19.4 Å². The Morgan fingerprint density at radius 3 is 2.59 bits per heavy atom. The molecule has 0 amide bonds. The van der Waals surface area contributed by atoms with Gasteiger partial charge in [-0.2, -0.15) is 0 Å². The zero-order valence-corrected chi connectivity index (χ0v) is 21.0. The standard InChI is InChI=1S/C26H34O11/c1-9(2)24-18(36-24)19-26(37-19)23(3)5-4-10-11(8-32-20(10)31)12(23)6-14-25(26,35-14)22(24)34-21-17(30)16(29)15(28)13(7-27)33-21/h9,12-19,21-22,27-30H,4-8H2,1-3H3/t12-,13?,14-,15-,16-,17?,18-,19-,21+,22+,23-,24-,25+,26+/m0/s1. The van der Waals surface area contributed by atoms with Crippen LogP contribution in [0.25, 0.3) is 0 Å². The van der Waals surface area contributed by atoms with Gasteiger partial charge in [0.1, 0.15) is 60.5 Å². The summed E-state index contributed by atoms with van der Waals surface area (Å²) in [4.78, 5) is 12.4. The van der Waals surface area contributed by atoms with Crippen LogP contribution in [0.15, 0.2) is 11.1 Å². The summed E-state index contributed by atoms with van der Waals surface area (Å²) in [5.41, 5.74) is -0.753. The van der Waals surface area contributed by atoms with Crippen LogP contribution in [-0.2, 0) is 33.2 Å². The first-order valence-electron chi connectivity index (χ1n) is 13.5. The summed E-state index contributed by atoms with van der Waals surface area (Å²) in [6, 6.07) is 0. The quantitative estimate of drug-likeness (QED) is 0.263. The van der Waals surface area contributed by atoms with Gasteiger partial charge in [0.15, 0.2) is 11.9 Å². The van der Waals surface area contributed by atoms with Gasteiger partial charge in [0.05, 0.1) is 12.7 Å². The second-order valence-electron chi connectivity index (χ2n) is 12.7. The van der Waals surface area contributed by atoms with Crippen LogP contribution >= 0.6 is 0 Å². The van der Waals surface area contributed by atoms with E-state index in [0.717, 1.165) is 17.6 Å². The monoisotopic (exact) mass is 522 g/mol. The summed E-state index contributed by atoms with van der Waals surface area (Å²) < 4.78 is 37.6. The molecular formula is C26H34O11. The molecule has 0 bridgehead atoms. The fourth-order valence-electron chi connectivity index (χ4n) is 9.18. The summed E-state index contributed by atoms with van der Waals surface area (Å²) in [6.07, 6.45) is -6.18. The number of aliphatic hydroxyl groups is 4. The zero-order chi connectivity index (χ0) is 25.9. The van der Waals surface area contributed by atoms with Crippen LogP contribution in [0.3, 0.4) is 0 Å². The summed E-state index contributed by atoms with van der Waals surface area (Å²) in [5, 5.41) is 41.2. The first-order chi connectivity index (χ1) is 17.6. The van der Waals surface area contributed by atoms with Gasteiger partial charge in [-0.1, -0.05) is 20.8 Å². The third-order valence-corrected chi connectivity index (χ3v) is 11.2. The highest BCUT2D eigenvalue weighted by Crippen LogP contribution is 2.83. The van der Waals surface area contributed by atoms with Crippen molar-refractivity contribution in [3.8, 4) is 0 Å². The summed E-state index contributed by atoms with van der Waals surface area (Å²) >= 11 is 0. The van der Waals surface area contributed by atoms with Crippen molar-refractivity contribution < 1.29 is 53.6 Å². The number of esters is 1. The van der Waals surface area contributed by atoms with Crippen LogP contribution in [-0.4, -0.2) is 112 Å². The molecule has 5 aliphatic heterocycles. The average Bonchev–Trinajstić information content (AvgIpc) is 3.77. The number of hydrogen-bond acceptors (Lipinski definition) is 11. The maximum Gasteiger partial charge on any atom is 0.334 e. The lowest BCUT2D eigenvalue weighted by Crippen LogP contribution is -2.71. The minimum Gasteiger partial charge on any atom is -0.458 e. The van der Waals surface area contributed by atoms with Crippen molar-refractivity contribution >= 4 is 5.97 Å². The maximum atomic E-state index is 12.4. The maximum absolute atomic E-state index is 12.4. The number of aliphatic hydroxyl groups excluding tert-OH is 4. The number of cyclic esters (lactones) is 1. The van der Waals surface area contributed by atoms with Crippen molar-refractivity contribution in [2.24, 2.45) is 17.3 Å².